The van der Waals surface area contributed by atoms with Crippen LogP contribution in [0.2, 0.25) is 0 Å². The predicted octanol–water partition coefficient (Wildman–Crippen LogP) is -3.37. The van der Waals surface area contributed by atoms with E-state index < -0.39 is 15.6 Å². The summed E-state index contributed by atoms with van der Waals surface area (Å²) in [5.74, 6) is 0.268. The number of pyridine rings is 1. The third kappa shape index (κ3) is 4.06. The summed E-state index contributed by atoms with van der Waals surface area (Å²) in [7, 11) is -3.36. The minimum absolute atomic E-state index is 0. The fraction of sp³-hybridized carbons (Fsp3) is 0.286. The first-order valence-electron chi connectivity index (χ1n) is 3.58. The van der Waals surface area contributed by atoms with Crippen molar-refractivity contribution in [1.82, 2.24) is 4.98 Å². The molecule has 0 saturated carbocycles. The minimum atomic E-state index is -4.75. The monoisotopic (exact) mass is 241 g/mol. The van der Waals surface area contributed by atoms with Gasteiger partial charge < -0.3 is 14.4 Å². The molecule has 1 atom stereocenters. The molecular weight excluding hydrogens is 233 g/mol. The van der Waals surface area contributed by atoms with Crippen LogP contribution in [0.1, 0.15) is 11.0 Å². The third-order valence-corrected chi connectivity index (χ3v) is 2.35. The van der Waals surface area contributed by atoms with E-state index in [0.717, 1.165) is 6.20 Å². The van der Waals surface area contributed by atoms with Gasteiger partial charge in [-0.05, 0) is 6.07 Å². The van der Waals surface area contributed by atoms with E-state index in [9.17, 15) is 13.0 Å². The Kier molecular flexibility index (Phi) is 5.71. The molecule has 0 radical (unpaired) electrons. The second kappa shape index (κ2) is 5.78. The van der Waals surface area contributed by atoms with Crippen LogP contribution in [-0.4, -0.2) is 30.2 Å². The summed E-state index contributed by atoms with van der Waals surface area (Å²) >= 11 is 0. The predicted molar refractivity (Wildman–Crippen MR) is 45.4 cm³/mol. The Labute approximate surface area is 109 Å². The molecule has 1 heterocycles. The zero-order chi connectivity index (χ0) is 10.8. The molecular formula is C7H8NNaO5S. The number of aromatic nitrogens is 1. The Morgan fingerprint density at radius 2 is 2.13 bits per heavy atom. The van der Waals surface area contributed by atoms with Crippen molar-refractivity contribution in [3.8, 4) is 5.88 Å². The summed E-state index contributed by atoms with van der Waals surface area (Å²) in [5, 5.41) is 9.04. The standard InChI is InChI=1S/C7H9NO5S.Na/c1-13-6-3-2-5(4-8-6)7(9)14(10,11)12;/h2-4,7,9H,1H3,(H,10,11,12);/q;+1/p-1. The molecule has 1 rings (SSSR count). The molecule has 0 aromatic carbocycles. The number of hydrogen-bond acceptors (Lipinski definition) is 6. The molecule has 1 aromatic rings. The van der Waals surface area contributed by atoms with Crippen molar-refractivity contribution < 1.29 is 52.4 Å². The number of hydrogen-bond donors (Lipinski definition) is 1. The van der Waals surface area contributed by atoms with Crippen LogP contribution in [0, 0.1) is 0 Å². The summed E-state index contributed by atoms with van der Waals surface area (Å²) in [6, 6.07) is 2.61. The maximum atomic E-state index is 10.4. The smallest absolute Gasteiger partial charge is 0.746 e. The van der Waals surface area contributed by atoms with Gasteiger partial charge in [0.25, 0.3) is 0 Å². The Bertz CT molecular complexity index is 404. The molecule has 78 valence electrons. The van der Waals surface area contributed by atoms with Crippen LogP contribution in [0.5, 0.6) is 5.88 Å². The molecule has 1 N–H and O–H groups in total. The van der Waals surface area contributed by atoms with E-state index in [1.54, 1.807) is 0 Å². The largest absolute Gasteiger partial charge is 1.00 e. The van der Waals surface area contributed by atoms with Crippen molar-refractivity contribution in [3.05, 3.63) is 23.9 Å². The number of ether oxygens (including phenoxy) is 1. The van der Waals surface area contributed by atoms with E-state index in [0.29, 0.717) is 0 Å². The van der Waals surface area contributed by atoms with Gasteiger partial charge in [-0.1, -0.05) is 0 Å². The Balaban J connectivity index is 0.00000196. The quantitative estimate of drug-likeness (QED) is 0.438. The fourth-order valence-electron chi connectivity index (χ4n) is 0.825. The van der Waals surface area contributed by atoms with Crippen molar-refractivity contribution in [3.63, 3.8) is 0 Å². The molecule has 0 spiro atoms. The average molecular weight is 241 g/mol. The normalized spacial score (nSPS) is 12.7. The minimum Gasteiger partial charge on any atom is -0.746 e. The number of methoxy groups -OCH3 is 1. The fourth-order valence-corrected chi connectivity index (χ4v) is 1.30. The van der Waals surface area contributed by atoms with E-state index in [1.165, 1.54) is 19.2 Å². The molecule has 0 saturated heterocycles. The molecule has 0 aliphatic rings. The molecule has 8 heteroatoms. The summed E-state index contributed by atoms with van der Waals surface area (Å²) in [6.45, 7) is 0. The second-order valence-electron chi connectivity index (χ2n) is 2.48. The maximum absolute atomic E-state index is 10.4. The van der Waals surface area contributed by atoms with Gasteiger partial charge in [-0.15, -0.1) is 0 Å². The van der Waals surface area contributed by atoms with Crippen LogP contribution in [0.15, 0.2) is 18.3 Å². The molecule has 0 amide bonds. The van der Waals surface area contributed by atoms with Gasteiger partial charge in [0.05, 0.1) is 7.11 Å². The molecule has 0 fully saturated rings. The SMILES string of the molecule is COc1ccc(C(O)S(=O)(=O)[O-])cn1.[Na+]. The van der Waals surface area contributed by atoms with E-state index in [4.69, 9.17) is 9.84 Å². The summed E-state index contributed by atoms with van der Waals surface area (Å²) in [4.78, 5) is 3.65. The van der Waals surface area contributed by atoms with Gasteiger partial charge >= 0.3 is 29.6 Å². The zero-order valence-corrected chi connectivity index (χ0v) is 11.1. The van der Waals surface area contributed by atoms with Crippen molar-refractivity contribution >= 4 is 10.1 Å². The van der Waals surface area contributed by atoms with Crippen LogP contribution in [-0.2, 0) is 10.1 Å². The van der Waals surface area contributed by atoms with Crippen molar-refractivity contribution in [2.75, 3.05) is 7.11 Å². The van der Waals surface area contributed by atoms with E-state index in [1.807, 2.05) is 0 Å². The van der Waals surface area contributed by atoms with Gasteiger partial charge in [0.2, 0.25) is 5.88 Å². The second-order valence-corrected chi connectivity index (χ2v) is 3.91. The van der Waals surface area contributed by atoms with E-state index in [2.05, 4.69) is 4.98 Å². The van der Waals surface area contributed by atoms with Gasteiger partial charge in [-0.25, -0.2) is 13.4 Å². The first-order chi connectivity index (χ1) is 6.45. The van der Waals surface area contributed by atoms with Crippen molar-refractivity contribution in [2.24, 2.45) is 0 Å². The maximum Gasteiger partial charge on any atom is 1.00 e. The Hall–Kier alpha value is -0.180. The summed E-state index contributed by atoms with van der Waals surface area (Å²) in [5.41, 5.74) is -2.17. The van der Waals surface area contributed by atoms with Gasteiger partial charge in [-0.3, -0.25) is 0 Å². The molecule has 6 nitrogen and oxygen atoms in total. The molecule has 1 unspecified atom stereocenters. The topological polar surface area (TPSA) is 99.5 Å². The Morgan fingerprint density at radius 1 is 1.53 bits per heavy atom. The van der Waals surface area contributed by atoms with Crippen molar-refractivity contribution in [2.45, 2.75) is 5.44 Å². The molecule has 15 heavy (non-hydrogen) atoms. The van der Waals surface area contributed by atoms with Crippen LogP contribution in [0.3, 0.4) is 0 Å². The number of aliphatic hydroxyl groups excluding tert-OH is 1. The number of rotatable bonds is 3. The molecule has 0 bridgehead atoms. The number of nitrogens with zero attached hydrogens (tertiary/aromatic N) is 1. The summed E-state index contributed by atoms with van der Waals surface area (Å²) < 4.78 is 36.0. The van der Waals surface area contributed by atoms with Crippen LogP contribution >= 0.6 is 0 Å². The van der Waals surface area contributed by atoms with E-state index >= 15 is 0 Å². The van der Waals surface area contributed by atoms with Gasteiger partial charge in [0, 0.05) is 17.8 Å². The van der Waals surface area contributed by atoms with Crippen LogP contribution in [0.25, 0.3) is 0 Å². The average Bonchev–Trinajstić information content (AvgIpc) is 2.15. The van der Waals surface area contributed by atoms with Crippen LogP contribution < -0.4 is 34.3 Å². The summed E-state index contributed by atoms with van der Waals surface area (Å²) in [6.07, 6.45) is 1.07. The van der Waals surface area contributed by atoms with Gasteiger partial charge in [0.15, 0.2) is 5.44 Å². The first kappa shape index (κ1) is 14.8. The van der Waals surface area contributed by atoms with Gasteiger partial charge in [-0.2, -0.15) is 0 Å². The Morgan fingerprint density at radius 3 is 2.47 bits per heavy atom. The van der Waals surface area contributed by atoms with E-state index in [-0.39, 0.29) is 41.0 Å². The first-order valence-corrected chi connectivity index (χ1v) is 5.05. The molecule has 1 aromatic heterocycles. The molecule has 0 aliphatic heterocycles. The number of aliphatic hydroxyl groups is 1. The van der Waals surface area contributed by atoms with Crippen molar-refractivity contribution in [1.29, 1.82) is 0 Å². The molecule has 0 aliphatic carbocycles. The third-order valence-electron chi connectivity index (χ3n) is 1.53. The van der Waals surface area contributed by atoms with Gasteiger partial charge in [0.1, 0.15) is 10.1 Å². The van der Waals surface area contributed by atoms with Crippen LogP contribution in [0.4, 0.5) is 0 Å². The zero-order valence-electron chi connectivity index (χ0n) is 8.25.